The summed E-state index contributed by atoms with van der Waals surface area (Å²) < 4.78 is 15.3. The van der Waals surface area contributed by atoms with E-state index in [9.17, 15) is 14.7 Å². The highest BCUT2D eigenvalue weighted by Gasteiger charge is 2.21. The van der Waals surface area contributed by atoms with Gasteiger partial charge < -0.3 is 10.4 Å². The minimum atomic E-state index is -1.08. The highest BCUT2D eigenvalue weighted by molar-refractivity contribution is 6.32. The number of amides is 1. The fourth-order valence-corrected chi connectivity index (χ4v) is 3.52. The molecule has 3 aromatic rings. The number of carboxylic acids is 1. The molecule has 6 heteroatoms. The topological polar surface area (TPSA) is 66.4 Å². The molecule has 0 bridgehead atoms. The zero-order valence-electron chi connectivity index (χ0n) is 16.1. The van der Waals surface area contributed by atoms with Gasteiger partial charge in [-0.2, -0.15) is 0 Å². The number of carbonyl (C=O) groups excluding carboxylic acids is 1. The maximum absolute atomic E-state index is 15.3. The molecule has 0 unspecified atom stereocenters. The van der Waals surface area contributed by atoms with E-state index in [1.54, 1.807) is 45.0 Å². The summed E-state index contributed by atoms with van der Waals surface area (Å²) in [7, 11) is 0. The van der Waals surface area contributed by atoms with Gasteiger partial charge in [0.05, 0.1) is 11.3 Å². The Kier molecular flexibility index (Phi) is 5.71. The van der Waals surface area contributed by atoms with Crippen LogP contribution < -0.4 is 5.32 Å². The second-order valence-electron chi connectivity index (χ2n) is 6.83. The molecule has 4 nitrogen and oxygen atoms in total. The Morgan fingerprint density at radius 3 is 2.14 bits per heavy atom. The lowest BCUT2D eigenvalue weighted by atomic mass is 9.97. The largest absolute Gasteiger partial charge is 0.478 e. The summed E-state index contributed by atoms with van der Waals surface area (Å²) in [6.45, 7) is 4.92. The van der Waals surface area contributed by atoms with Crippen LogP contribution in [0.15, 0.2) is 48.5 Å². The molecule has 0 aliphatic carbocycles. The van der Waals surface area contributed by atoms with E-state index in [1.807, 2.05) is 6.07 Å². The Balaban J connectivity index is 2.06. The monoisotopic (exact) mass is 411 g/mol. The second-order valence-corrected chi connectivity index (χ2v) is 7.24. The summed E-state index contributed by atoms with van der Waals surface area (Å²) in [5.41, 5.74) is 2.71. The van der Waals surface area contributed by atoms with E-state index in [2.05, 4.69) is 5.32 Å². The van der Waals surface area contributed by atoms with Crippen LogP contribution in [0.25, 0.3) is 11.1 Å². The minimum absolute atomic E-state index is 0.00228. The van der Waals surface area contributed by atoms with Crippen LogP contribution in [0.3, 0.4) is 0 Å². The quantitative estimate of drug-likeness (QED) is 0.551. The third-order valence-electron chi connectivity index (χ3n) is 4.79. The Bertz CT molecular complexity index is 1100. The lowest BCUT2D eigenvalue weighted by molar-refractivity contribution is 0.0696. The van der Waals surface area contributed by atoms with Gasteiger partial charge in [0.2, 0.25) is 0 Å². The third-order valence-corrected chi connectivity index (χ3v) is 5.18. The van der Waals surface area contributed by atoms with Crippen LogP contribution >= 0.6 is 11.6 Å². The minimum Gasteiger partial charge on any atom is -0.478 e. The van der Waals surface area contributed by atoms with Crippen molar-refractivity contribution in [2.45, 2.75) is 20.8 Å². The maximum atomic E-state index is 15.3. The van der Waals surface area contributed by atoms with Gasteiger partial charge in [0.1, 0.15) is 0 Å². The van der Waals surface area contributed by atoms with Gasteiger partial charge in [0.25, 0.3) is 5.91 Å². The van der Waals surface area contributed by atoms with Crippen LogP contribution in [0.4, 0.5) is 10.1 Å². The molecule has 3 aromatic carbocycles. The summed E-state index contributed by atoms with van der Waals surface area (Å²) in [4.78, 5) is 24.1. The molecule has 0 saturated carbocycles. The van der Waals surface area contributed by atoms with Crippen LogP contribution in [0.2, 0.25) is 5.02 Å². The Morgan fingerprint density at radius 2 is 1.59 bits per heavy atom. The van der Waals surface area contributed by atoms with Crippen molar-refractivity contribution >= 4 is 29.2 Å². The first kappa shape index (κ1) is 20.6. The summed E-state index contributed by atoms with van der Waals surface area (Å²) in [5.74, 6) is -2.18. The first-order valence-electron chi connectivity index (χ1n) is 8.90. The zero-order chi connectivity index (χ0) is 21.3. The molecule has 0 radical (unpaired) electrons. The van der Waals surface area contributed by atoms with Gasteiger partial charge in [-0.25, -0.2) is 9.18 Å². The van der Waals surface area contributed by atoms with Gasteiger partial charge in [-0.3, -0.25) is 4.79 Å². The summed E-state index contributed by atoms with van der Waals surface area (Å²) in [5, 5.41) is 12.1. The molecule has 0 heterocycles. The average molecular weight is 412 g/mol. The van der Waals surface area contributed by atoms with E-state index >= 15 is 4.39 Å². The van der Waals surface area contributed by atoms with Crippen molar-refractivity contribution in [3.63, 3.8) is 0 Å². The van der Waals surface area contributed by atoms with E-state index in [0.29, 0.717) is 32.8 Å². The molecule has 148 valence electrons. The number of carboxylic acid groups (broad SMARTS) is 1. The molecule has 0 aliphatic heterocycles. The number of rotatable bonds is 4. The molecule has 0 saturated heterocycles. The summed E-state index contributed by atoms with van der Waals surface area (Å²) in [6, 6.07) is 13.3. The highest BCUT2D eigenvalue weighted by Crippen LogP contribution is 2.35. The number of aromatic carboxylic acids is 1. The number of halogens is 2. The number of anilines is 1. The number of hydrogen-bond acceptors (Lipinski definition) is 2. The van der Waals surface area contributed by atoms with Gasteiger partial charge in [0, 0.05) is 16.1 Å². The molecule has 1 amide bonds. The van der Waals surface area contributed by atoms with Gasteiger partial charge in [0.15, 0.2) is 5.82 Å². The van der Waals surface area contributed by atoms with Crippen molar-refractivity contribution in [3.8, 4) is 11.1 Å². The smallest absolute Gasteiger partial charge is 0.335 e. The van der Waals surface area contributed by atoms with Crippen molar-refractivity contribution < 1.29 is 19.1 Å². The van der Waals surface area contributed by atoms with Gasteiger partial charge in [-0.15, -0.1) is 0 Å². The van der Waals surface area contributed by atoms with Crippen LogP contribution in [0.5, 0.6) is 0 Å². The molecule has 2 N–H and O–H groups in total. The molecular weight excluding hydrogens is 393 g/mol. The number of nitrogens with one attached hydrogen (secondary N) is 1. The SMILES string of the molecule is Cc1cc(C(=O)O)cc(C)c1C(=O)Nc1c(C)c(Cl)cc(-c2ccccc2)c1F. The predicted molar refractivity (Wildman–Crippen MR) is 112 cm³/mol. The zero-order valence-corrected chi connectivity index (χ0v) is 16.9. The first-order valence-corrected chi connectivity index (χ1v) is 9.28. The summed E-state index contributed by atoms with van der Waals surface area (Å²) in [6.07, 6.45) is 0. The lowest BCUT2D eigenvalue weighted by Gasteiger charge is -2.17. The molecule has 0 spiro atoms. The van der Waals surface area contributed by atoms with E-state index in [1.165, 1.54) is 18.2 Å². The standard InChI is InChI=1S/C23H19ClFNO3/c1-12-9-16(23(28)29)10-13(2)19(12)22(27)26-21-14(3)18(24)11-17(20(21)25)15-7-5-4-6-8-15/h4-11H,1-3H3,(H,26,27)(H,28,29). The van der Waals surface area contributed by atoms with Crippen molar-refractivity contribution in [2.75, 3.05) is 5.32 Å². The number of benzene rings is 3. The maximum Gasteiger partial charge on any atom is 0.335 e. The predicted octanol–water partition coefficient (Wildman–Crippen LogP) is 6.02. The van der Waals surface area contributed by atoms with Gasteiger partial charge in [-0.05, 0) is 61.2 Å². The van der Waals surface area contributed by atoms with E-state index in [4.69, 9.17) is 11.6 Å². The van der Waals surface area contributed by atoms with Crippen molar-refractivity contribution in [2.24, 2.45) is 0 Å². The molecule has 0 atom stereocenters. The molecular formula is C23H19ClFNO3. The Hall–Kier alpha value is -3.18. The van der Waals surface area contributed by atoms with E-state index in [0.717, 1.165) is 0 Å². The Labute approximate surface area is 173 Å². The third kappa shape index (κ3) is 4.00. The number of aryl methyl sites for hydroxylation is 2. The van der Waals surface area contributed by atoms with E-state index in [-0.39, 0.29) is 16.8 Å². The normalized spacial score (nSPS) is 10.7. The van der Waals surface area contributed by atoms with Crippen molar-refractivity contribution in [1.29, 1.82) is 0 Å². The van der Waals surface area contributed by atoms with Crippen LogP contribution in [-0.4, -0.2) is 17.0 Å². The molecule has 29 heavy (non-hydrogen) atoms. The van der Waals surface area contributed by atoms with Crippen LogP contribution in [0, 0.1) is 26.6 Å². The van der Waals surface area contributed by atoms with E-state index < -0.39 is 17.7 Å². The molecule has 3 rings (SSSR count). The second kappa shape index (κ2) is 8.05. The van der Waals surface area contributed by atoms with Crippen LogP contribution in [0.1, 0.15) is 37.4 Å². The number of hydrogen-bond donors (Lipinski definition) is 2. The number of carbonyl (C=O) groups is 2. The molecule has 0 aliphatic rings. The molecule has 0 fully saturated rings. The van der Waals surface area contributed by atoms with Gasteiger partial charge in [-0.1, -0.05) is 41.9 Å². The van der Waals surface area contributed by atoms with Crippen LogP contribution in [-0.2, 0) is 0 Å². The first-order chi connectivity index (χ1) is 13.7. The summed E-state index contributed by atoms with van der Waals surface area (Å²) >= 11 is 6.31. The average Bonchev–Trinajstić information content (AvgIpc) is 2.68. The van der Waals surface area contributed by atoms with Crippen molar-refractivity contribution in [1.82, 2.24) is 0 Å². The fraction of sp³-hybridized carbons (Fsp3) is 0.130. The van der Waals surface area contributed by atoms with Gasteiger partial charge >= 0.3 is 5.97 Å². The lowest BCUT2D eigenvalue weighted by Crippen LogP contribution is -2.18. The molecule has 0 aromatic heterocycles. The Morgan fingerprint density at radius 1 is 1.00 bits per heavy atom. The fourth-order valence-electron chi connectivity index (χ4n) is 3.31. The highest BCUT2D eigenvalue weighted by atomic mass is 35.5. The van der Waals surface area contributed by atoms with Crippen molar-refractivity contribution in [3.05, 3.63) is 87.2 Å².